The molecule has 0 aromatic heterocycles. The number of nitrogens with two attached hydrogens (primary N) is 2. The van der Waals surface area contributed by atoms with E-state index in [4.69, 9.17) is 11.5 Å². The second-order valence-electron chi connectivity index (χ2n) is 2.47. The van der Waals surface area contributed by atoms with Crippen LogP contribution in [-0.2, 0) is 0 Å². The summed E-state index contributed by atoms with van der Waals surface area (Å²) in [5.74, 6) is 0. The highest BCUT2D eigenvalue weighted by Gasteiger charge is 2.21. The molecule has 0 bridgehead atoms. The van der Waals surface area contributed by atoms with Gasteiger partial charge in [-0.25, -0.2) is 0 Å². The van der Waals surface area contributed by atoms with Crippen molar-refractivity contribution in [2.24, 2.45) is 16.9 Å². The van der Waals surface area contributed by atoms with Gasteiger partial charge in [-0.3, -0.25) is 0 Å². The lowest BCUT2D eigenvalue weighted by atomic mass is 9.88. The summed E-state index contributed by atoms with van der Waals surface area (Å²) in [4.78, 5) is 0. The summed E-state index contributed by atoms with van der Waals surface area (Å²) < 4.78 is 0. The van der Waals surface area contributed by atoms with Gasteiger partial charge in [0.05, 0.1) is 0 Å². The first-order chi connectivity index (χ1) is 4.24. The summed E-state index contributed by atoms with van der Waals surface area (Å²) in [6, 6.07) is 0. The first-order valence-corrected chi connectivity index (χ1v) is 4.16. The van der Waals surface area contributed by atoms with Crippen molar-refractivity contribution in [3.05, 3.63) is 0 Å². The number of hydrogen-bond donors (Lipinski definition) is 2. The van der Waals surface area contributed by atoms with Crippen LogP contribution in [0, 0.1) is 5.41 Å². The molecule has 0 rings (SSSR count). The van der Waals surface area contributed by atoms with E-state index in [-0.39, 0.29) is 5.41 Å². The lowest BCUT2D eigenvalue weighted by Crippen LogP contribution is -2.38. The summed E-state index contributed by atoms with van der Waals surface area (Å²) >= 11 is 0. The molecule has 0 saturated carbocycles. The van der Waals surface area contributed by atoms with Gasteiger partial charge in [-0.1, -0.05) is 6.92 Å². The monoisotopic (exact) mass is 148 g/mol. The molecule has 0 fully saturated rings. The topological polar surface area (TPSA) is 52.0 Å². The molecule has 0 aliphatic carbocycles. The summed E-state index contributed by atoms with van der Waals surface area (Å²) in [5.41, 5.74) is 11.3. The molecule has 0 spiro atoms. The van der Waals surface area contributed by atoms with E-state index in [9.17, 15) is 0 Å². The van der Waals surface area contributed by atoms with E-state index >= 15 is 0 Å². The van der Waals surface area contributed by atoms with Crippen LogP contribution in [0.1, 0.15) is 13.3 Å². The molecule has 0 aliphatic heterocycles. The van der Waals surface area contributed by atoms with E-state index in [1.807, 2.05) is 0 Å². The molecule has 0 amide bonds. The fraction of sp³-hybridized carbons (Fsp3) is 1.00. The van der Waals surface area contributed by atoms with Gasteiger partial charge in [0.25, 0.3) is 0 Å². The van der Waals surface area contributed by atoms with Crippen LogP contribution in [0.5, 0.6) is 0 Å². The Morgan fingerprint density at radius 3 is 1.78 bits per heavy atom. The average Bonchev–Trinajstić information content (AvgIpc) is 1.95. The normalized spacial score (nSPS) is 12.0. The molecule has 1 atom stereocenters. The molecule has 2 nitrogen and oxygen atoms in total. The highest BCUT2D eigenvalue weighted by atomic mass is 31.0. The zero-order chi connectivity index (χ0) is 7.33. The molecule has 0 aromatic carbocycles. The van der Waals surface area contributed by atoms with Gasteiger partial charge in [-0.2, -0.15) is 0 Å². The number of rotatable bonds is 4. The Morgan fingerprint density at radius 1 is 1.33 bits per heavy atom. The van der Waals surface area contributed by atoms with Gasteiger partial charge in [-0.15, -0.1) is 9.24 Å². The van der Waals surface area contributed by atoms with E-state index in [2.05, 4.69) is 16.2 Å². The summed E-state index contributed by atoms with van der Waals surface area (Å²) in [7, 11) is 2.70. The van der Waals surface area contributed by atoms with E-state index in [1.54, 1.807) is 0 Å². The van der Waals surface area contributed by atoms with Crippen LogP contribution in [-0.4, -0.2) is 19.3 Å². The Hall–Kier alpha value is 0.350. The van der Waals surface area contributed by atoms with Crippen molar-refractivity contribution in [2.45, 2.75) is 13.3 Å². The Labute approximate surface area is 59.6 Å². The minimum Gasteiger partial charge on any atom is -0.330 e. The lowest BCUT2D eigenvalue weighted by molar-refractivity contribution is 0.344. The second-order valence-corrected chi connectivity index (χ2v) is 2.87. The maximum atomic E-state index is 5.55. The molecule has 4 N–H and O–H groups in total. The second kappa shape index (κ2) is 4.21. The average molecular weight is 148 g/mol. The minimum atomic E-state index is 0.185. The fourth-order valence-corrected chi connectivity index (χ4v) is 1.31. The molecular formula is C6H17N2P. The first kappa shape index (κ1) is 9.35. The molecule has 3 heteroatoms. The van der Waals surface area contributed by atoms with Crippen LogP contribution in [0.2, 0.25) is 0 Å². The van der Waals surface area contributed by atoms with Crippen molar-refractivity contribution in [3.8, 4) is 0 Å². The largest absolute Gasteiger partial charge is 0.330 e. The van der Waals surface area contributed by atoms with Gasteiger partial charge >= 0.3 is 0 Å². The molecule has 56 valence electrons. The third-order valence-corrected chi connectivity index (χ3v) is 2.92. The SMILES string of the molecule is CCC(CN)(CN)CP. The zero-order valence-electron chi connectivity index (χ0n) is 6.06. The van der Waals surface area contributed by atoms with Gasteiger partial charge in [0.1, 0.15) is 0 Å². The van der Waals surface area contributed by atoms with Crippen molar-refractivity contribution in [2.75, 3.05) is 19.3 Å². The summed E-state index contributed by atoms with van der Waals surface area (Å²) in [6.45, 7) is 3.52. The van der Waals surface area contributed by atoms with Gasteiger partial charge in [0, 0.05) is 0 Å². The first-order valence-electron chi connectivity index (χ1n) is 3.35. The molecular weight excluding hydrogens is 131 g/mol. The van der Waals surface area contributed by atoms with Crippen molar-refractivity contribution in [1.29, 1.82) is 0 Å². The maximum Gasteiger partial charge on any atom is -0.000533 e. The molecule has 0 radical (unpaired) electrons. The fourth-order valence-electron chi connectivity index (χ4n) is 0.683. The minimum absolute atomic E-state index is 0.185. The predicted molar refractivity (Wildman–Crippen MR) is 45.4 cm³/mol. The Balaban J connectivity index is 3.82. The third-order valence-electron chi connectivity index (χ3n) is 2.05. The Kier molecular flexibility index (Phi) is 4.37. The van der Waals surface area contributed by atoms with Gasteiger partial charge in [0.2, 0.25) is 0 Å². The summed E-state index contributed by atoms with van der Waals surface area (Å²) in [5, 5.41) is 0. The lowest BCUT2D eigenvalue weighted by Gasteiger charge is -2.27. The standard InChI is InChI=1S/C6H17N2P/c1-2-6(3-7,4-8)5-9/h2-5,7-9H2,1H3. The van der Waals surface area contributed by atoms with Crippen molar-refractivity contribution < 1.29 is 0 Å². The van der Waals surface area contributed by atoms with Crippen molar-refractivity contribution >= 4 is 9.24 Å². The van der Waals surface area contributed by atoms with Gasteiger partial charge in [-0.05, 0) is 31.1 Å². The van der Waals surface area contributed by atoms with E-state index in [0.29, 0.717) is 13.1 Å². The van der Waals surface area contributed by atoms with E-state index in [1.165, 1.54) is 0 Å². The Bertz CT molecular complexity index is 53.9. The quantitative estimate of drug-likeness (QED) is 0.558. The van der Waals surface area contributed by atoms with Gasteiger partial charge in [0.15, 0.2) is 0 Å². The van der Waals surface area contributed by atoms with Crippen LogP contribution < -0.4 is 11.5 Å². The Morgan fingerprint density at radius 2 is 1.78 bits per heavy atom. The van der Waals surface area contributed by atoms with E-state index < -0.39 is 0 Å². The molecule has 0 aromatic rings. The van der Waals surface area contributed by atoms with Crippen LogP contribution in [0.15, 0.2) is 0 Å². The van der Waals surface area contributed by atoms with Crippen LogP contribution in [0.25, 0.3) is 0 Å². The van der Waals surface area contributed by atoms with E-state index in [0.717, 1.165) is 12.6 Å². The van der Waals surface area contributed by atoms with Crippen molar-refractivity contribution in [1.82, 2.24) is 0 Å². The smallest absolute Gasteiger partial charge is 0.000533 e. The number of hydrogen-bond acceptors (Lipinski definition) is 2. The summed E-state index contributed by atoms with van der Waals surface area (Å²) in [6.07, 6.45) is 2.08. The molecule has 9 heavy (non-hydrogen) atoms. The predicted octanol–water partition coefficient (Wildman–Crippen LogP) is 0.175. The van der Waals surface area contributed by atoms with Crippen LogP contribution in [0.3, 0.4) is 0 Å². The molecule has 0 heterocycles. The highest BCUT2D eigenvalue weighted by molar-refractivity contribution is 7.16. The highest BCUT2D eigenvalue weighted by Crippen LogP contribution is 2.20. The van der Waals surface area contributed by atoms with Crippen LogP contribution in [0.4, 0.5) is 0 Å². The molecule has 1 unspecified atom stereocenters. The van der Waals surface area contributed by atoms with Crippen molar-refractivity contribution in [3.63, 3.8) is 0 Å². The molecule has 0 aliphatic rings. The third kappa shape index (κ3) is 2.21. The van der Waals surface area contributed by atoms with Gasteiger partial charge < -0.3 is 11.5 Å². The zero-order valence-corrected chi connectivity index (χ0v) is 7.22. The molecule has 0 saturated heterocycles. The maximum absolute atomic E-state index is 5.55. The van der Waals surface area contributed by atoms with Crippen LogP contribution >= 0.6 is 9.24 Å².